The van der Waals surface area contributed by atoms with Gasteiger partial charge in [0.2, 0.25) is 0 Å². The van der Waals surface area contributed by atoms with E-state index in [2.05, 4.69) is 68.4 Å². The lowest BCUT2D eigenvalue weighted by Crippen LogP contribution is -2.17. The number of rotatable bonds is 6. The minimum Gasteiger partial charge on any atom is -0.490 e. The molecule has 0 spiro atoms. The Hall–Kier alpha value is -1.54. The molecule has 0 saturated heterocycles. The van der Waals surface area contributed by atoms with Gasteiger partial charge in [0.15, 0.2) is 0 Å². The average molecular weight is 257 g/mol. The number of ether oxygens (including phenoxy) is 1. The number of hydrogen-bond donors (Lipinski definition) is 0. The van der Waals surface area contributed by atoms with Gasteiger partial charge in [0.05, 0.1) is 6.10 Å². The van der Waals surface area contributed by atoms with Crippen LogP contribution in [0.5, 0.6) is 5.75 Å². The van der Waals surface area contributed by atoms with E-state index in [1.807, 2.05) is 0 Å². The first-order valence-electron chi connectivity index (χ1n) is 6.96. The number of hydrogen-bond acceptors (Lipinski definition) is 2. The molecule has 0 saturated carbocycles. The minimum absolute atomic E-state index is 0.255. The van der Waals surface area contributed by atoms with Gasteiger partial charge in [0.25, 0.3) is 0 Å². The summed E-state index contributed by atoms with van der Waals surface area (Å²) in [6.45, 7) is 3.26. The Morgan fingerprint density at radius 3 is 2.58 bits per heavy atom. The van der Waals surface area contributed by atoms with Gasteiger partial charge in [0, 0.05) is 5.39 Å². The molecule has 0 heterocycles. The molecule has 2 aromatic rings. The van der Waals surface area contributed by atoms with Gasteiger partial charge in [-0.3, -0.25) is 0 Å². The third kappa shape index (κ3) is 3.97. The van der Waals surface area contributed by atoms with Gasteiger partial charge in [-0.05, 0) is 51.9 Å². The van der Waals surface area contributed by atoms with Crippen molar-refractivity contribution in [2.45, 2.75) is 25.9 Å². The first-order chi connectivity index (χ1) is 9.16. The Labute approximate surface area is 116 Å². The molecule has 0 fully saturated rings. The SMILES string of the molecule is CC(CCCN(C)C)Oc1cccc2ccccc12. The minimum atomic E-state index is 0.255. The molecule has 1 unspecified atom stereocenters. The van der Waals surface area contributed by atoms with Crippen molar-refractivity contribution in [1.29, 1.82) is 0 Å². The van der Waals surface area contributed by atoms with E-state index in [0.29, 0.717) is 0 Å². The van der Waals surface area contributed by atoms with Crippen LogP contribution in [0.2, 0.25) is 0 Å². The normalized spacial score (nSPS) is 12.8. The molecule has 0 bridgehead atoms. The second-order valence-electron chi connectivity index (χ2n) is 5.35. The molecule has 0 aliphatic carbocycles. The van der Waals surface area contributed by atoms with E-state index in [0.717, 1.165) is 18.7 Å². The Bertz CT molecular complexity index is 516. The van der Waals surface area contributed by atoms with Crippen LogP contribution in [-0.2, 0) is 0 Å². The van der Waals surface area contributed by atoms with Crippen LogP contribution in [0.15, 0.2) is 42.5 Å². The predicted octanol–water partition coefficient (Wildman–Crippen LogP) is 3.95. The number of benzene rings is 2. The lowest BCUT2D eigenvalue weighted by atomic mass is 10.1. The zero-order chi connectivity index (χ0) is 13.7. The van der Waals surface area contributed by atoms with E-state index < -0.39 is 0 Å². The molecule has 0 aliphatic rings. The highest BCUT2D eigenvalue weighted by Crippen LogP contribution is 2.26. The molecule has 0 aromatic heterocycles. The summed E-state index contributed by atoms with van der Waals surface area (Å²) in [5.74, 6) is 0.996. The van der Waals surface area contributed by atoms with Crippen molar-refractivity contribution in [2.24, 2.45) is 0 Å². The summed E-state index contributed by atoms with van der Waals surface area (Å²) in [4.78, 5) is 2.21. The molecule has 1 atom stereocenters. The standard InChI is InChI=1S/C17H23NO/c1-14(8-7-13-18(2)3)19-17-12-6-10-15-9-4-5-11-16(15)17/h4-6,9-12,14H,7-8,13H2,1-3H3. The summed E-state index contributed by atoms with van der Waals surface area (Å²) >= 11 is 0. The zero-order valence-corrected chi connectivity index (χ0v) is 12.1. The van der Waals surface area contributed by atoms with Gasteiger partial charge >= 0.3 is 0 Å². The van der Waals surface area contributed by atoms with Crippen LogP contribution in [0.3, 0.4) is 0 Å². The van der Waals surface area contributed by atoms with E-state index in [9.17, 15) is 0 Å². The van der Waals surface area contributed by atoms with Gasteiger partial charge in [-0.15, -0.1) is 0 Å². The molecule has 2 rings (SSSR count). The third-order valence-electron chi connectivity index (χ3n) is 3.29. The summed E-state index contributed by atoms with van der Waals surface area (Å²) in [7, 11) is 4.21. The molecule has 0 N–H and O–H groups in total. The summed E-state index contributed by atoms with van der Waals surface area (Å²) < 4.78 is 6.09. The van der Waals surface area contributed by atoms with Crippen molar-refractivity contribution < 1.29 is 4.74 Å². The van der Waals surface area contributed by atoms with Gasteiger partial charge in [-0.25, -0.2) is 0 Å². The van der Waals surface area contributed by atoms with Crippen LogP contribution in [0.4, 0.5) is 0 Å². The Kier molecular flexibility index (Phi) is 4.80. The highest BCUT2D eigenvalue weighted by molar-refractivity contribution is 5.88. The summed E-state index contributed by atoms with van der Waals surface area (Å²) in [6.07, 6.45) is 2.51. The second kappa shape index (κ2) is 6.58. The van der Waals surface area contributed by atoms with E-state index in [1.165, 1.54) is 17.2 Å². The Morgan fingerprint density at radius 1 is 1.05 bits per heavy atom. The van der Waals surface area contributed by atoms with Gasteiger partial charge in [-0.1, -0.05) is 36.4 Å². The predicted molar refractivity (Wildman–Crippen MR) is 81.8 cm³/mol. The van der Waals surface area contributed by atoms with E-state index in [-0.39, 0.29) is 6.10 Å². The monoisotopic (exact) mass is 257 g/mol. The first-order valence-corrected chi connectivity index (χ1v) is 6.96. The molecule has 19 heavy (non-hydrogen) atoms. The van der Waals surface area contributed by atoms with Gasteiger partial charge < -0.3 is 9.64 Å². The average Bonchev–Trinajstić information content (AvgIpc) is 2.39. The maximum absolute atomic E-state index is 6.09. The van der Waals surface area contributed by atoms with Crippen molar-refractivity contribution >= 4 is 10.8 Å². The highest BCUT2D eigenvalue weighted by Gasteiger charge is 2.07. The van der Waals surface area contributed by atoms with Gasteiger partial charge in [-0.2, -0.15) is 0 Å². The van der Waals surface area contributed by atoms with Crippen LogP contribution in [-0.4, -0.2) is 31.6 Å². The summed E-state index contributed by atoms with van der Waals surface area (Å²) in [5, 5.41) is 2.44. The third-order valence-corrected chi connectivity index (χ3v) is 3.29. The van der Waals surface area contributed by atoms with Crippen molar-refractivity contribution in [3.63, 3.8) is 0 Å². The zero-order valence-electron chi connectivity index (χ0n) is 12.1. The van der Waals surface area contributed by atoms with Crippen molar-refractivity contribution in [1.82, 2.24) is 4.90 Å². The molecular weight excluding hydrogens is 234 g/mol. The molecule has 2 heteroatoms. The molecule has 0 radical (unpaired) electrons. The summed E-state index contributed by atoms with van der Waals surface area (Å²) in [6, 6.07) is 14.6. The van der Waals surface area contributed by atoms with Crippen LogP contribution < -0.4 is 4.74 Å². The van der Waals surface area contributed by atoms with Crippen LogP contribution >= 0.6 is 0 Å². The summed E-state index contributed by atoms with van der Waals surface area (Å²) in [5.41, 5.74) is 0. The molecule has 102 valence electrons. The highest BCUT2D eigenvalue weighted by atomic mass is 16.5. The molecule has 2 nitrogen and oxygen atoms in total. The van der Waals surface area contributed by atoms with E-state index in [1.54, 1.807) is 0 Å². The van der Waals surface area contributed by atoms with Crippen LogP contribution in [0, 0.1) is 0 Å². The lowest BCUT2D eigenvalue weighted by Gasteiger charge is -2.17. The number of fused-ring (bicyclic) bond motifs is 1. The largest absolute Gasteiger partial charge is 0.490 e. The maximum Gasteiger partial charge on any atom is 0.127 e. The topological polar surface area (TPSA) is 12.5 Å². The molecular formula is C17H23NO. The smallest absolute Gasteiger partial charge is 0.127 e. The van der Waals surface area contributed by atoms with Crippen LogP contribution in [0.1, 0.15) is 19.8 Å². The fraction of sp³-hybridized carbons (Fsp3) is 0.412. The quantitative estimate of drug-likeness (QED) is 0.777. The molecule has 0 amide bonds. The Morgan fingerprint density at radius 2 is 1.79 bits per heavy atom. The van der Waals surface area contributed by atoms with Gasteiger partial charge in [0.1, 0.15) is 5.75 Å². The van der Waals surface area contributed by atoms with E-state index in [4.69, 9.17) is 4.74 Å². The van der Waals surface area contributed by atoms with Crippen LogP contribution in [0.25, 0.3) is 10.8 Å². The fourth-order valence-electron chi connectivity index (χ4n) is 2.27. The van der Waals surface area contributed by atoms with Crippen molar-refractivity contribution in [3.8, 4) is 5.75 Å². The molecule has 0 aliphatic heterocycles. The van der Waals surface area contributed by atoms with E-state index >= 15 is 0 Å². The molecule has 2 aromatic carbocycles. The lowest BCUT2D eigenvalue weighted by molar-refractivity contribution is 0.204. The van der Waals surface area contributed by atoms with Crippen molar-refractivity contribution in [2.75, 3.05) is 20.6 Å². The Balaban J connectivity index is 2.00. The fourth-order valence-corrected chi connectivity index (χ4v) is 2.27. The number of nitrogens with zero attached hydrogens (tertiary/aromatic N) is 1. The first kappa shape index (κ1) is 13.9. The van der Waals surface area contributed by atoms with Crippen molar-refractivity contribution in [3.05, 3.63) is 42.5 Å². The second-order valence-corrected chi connectivity index (χ2v) is 5.35. The maximum atomic E-state index is 6.09.